The van der Waals surface area contributed by atoms with E-state index in [0.717, 1.165) is 0 Å². The monoisotopic (exact) mass is 340 g/mol. The van der Waals surface area contributed by atoms with Crippen LogP contribution in [0.3, 0.4) is 0 Å². The Morgan fingerprint density at radius 1 is 0.826 bits per heavy atom. The summed E-state index contributed by atoms with van der Waals surface area (Å²) in [5, 5.41) is 58.5. The van der Waals surface area contributed by atoms with Crippen LogP contribution in [0, 0.1) is 0 Å². The lowest BCUT2D eigenvalue weighted by Crippen LogP contribution is -2.64. The van der Waals surface area contributed by atoms with E-state index in [2.05, 4.69) is 0 Å². The SMILES string of the molecule is CO[C@@H]1O[C@H](CO)[C@H](O)[C@H](O)[C@H]1O[C@@H]1O[C@H](C)[C@@H](O)[C@H](O)[C@@H]1O. The van der Waals surface area contributed by atoms with E-state index in [9.17, 15) is 25.5 Å². The molecule has 2 aliphatic rings. The van der Waals surface area contributed by atoms with Crippen LogP contribution in [0.4, 0.5) is 0 Å². The lowest BCUT2D eigenvalue weighted by atomic mass is 9.97. The molecule has 6 N–H and O–H groups in total. The number of ether oxygens (including phenoxy) is 4. The van der Waals surface area contributed by atoms with Crippen LogP contribution in [0.1, 0.15) is 6.92 Å². The zero-order chi connectivity index (χ0) is 17.3. The Kier molecular flexibility index (Phi) is 6.30. The van der Waals surface area contributed by atoms with Crippen molar-refractivity contribution in [2.75, 3.05) is 13.7 Å². The summed E-state index contributed by atoms with van der Waals surface area (Å²) in [4.78, 5) is 0. The zero-order valence-corrected chi connectivity index (χ0v) is 12.8. The van der Waals surface area contributed by atoms with E-state index in [-0.39, 0.29) is 0 Å². The Labute approximate surface area is 132 Å². The van der Waals surface area contributed by atoms with Gasteiger partial charge in [-0.15, -0.1) is 0 Å². The van der Waals surface area contributed by atoms with Gasteiger partial charge in [0, 0.05) is 7.11 Å². The fourth-order valence-corrected chi connectivity index (χ4v) is 2.67. The molecule has 0 bridgehead atoms. The summed E-state index contributed by atoms with van der Waals surface area (Å²) < 4.78 is 21.0. The standard InChI is InChI=1S/C13H24O10/c1-4-6(15)8(17)10(19)12(21-4)23-11-9(18)7(16)5(3-14)22-13(11)20-2/h4-19H,3H2,1-2H3/t4-,5-,6-,7+,8+,9+,10+,11-,12+,13-/m1/s1. The molecule has 10 atom stereocenters. The summed E-state index contributed by atoms with van der Waals surface area (Å²) in [7, 11) is 1.28. The lowest BCUT2D eigenvalue weighted by molar-refractivity contribution is -0.361. The number of aliphatic hydroxyl groups excluding tert-OH is 6. The van der Waals surface area contributed by atoms with Crippen molar-refractivity contribution >= 4 is 0 Å². The molecule has 0 spiro atoms. The second-order valence-corrected chi connectivity index (χ2v) is 5.72. The quantitative estimate of drug-likeness (QED) is 0.300. The minimum atomic E-state index is -1.57. The average molecular weight is 340 g/mol. The number of rotatable bonds is 4. The van der Waals surface area contributed by atoms with Crippen molar-refractivity contribution in [2.24, 2.45) is 0 Å². The maximum Gasteiger partial charge on any atom is 0.187 e. The Morgan fingerprint density at radius 3 is 2.04 bits per heavy atom. The average Bonchev–Trinajstić information content (AvgIpc) is 2.54. The van der Waals surface area contributed by atoms with Crippen LogP contribution < -0.4 is 0 Å². The number of hydrogen-bond acceptors (Lipinski definition) is 10. The first kappa shape index (κ1) is 18.9. The van der Waals surface area contributed by atoms with Gasteiger partial charge >= 0.3 is 0 Å². The fraction of sp³-hybridized carbons (Fsp3) is 1.00. The van der Waals surface area contributed by atoms with Gasteiger partial charge in [0.05, 0.1) is 12.7 Å². The third-order valence-corrected chi connectivity index (χ3v) is 4.16. The summed E-state index contributed by atoms with van der Waals surface area (Å²) in [6.07, 6.45) is -12.9. The molecular weight excluding hydrogens is 316 g/mol. The molecule has 2 heterocycles. The lowest BCUT2D eigenvalue weighted by Gasteiger charge is -2.45. The minimum absolute atomic E-state index is 0.532. The van der Waals surface area contributed by atoms with E-state index in [0.29, 0.717) is 0 Å². The molecule has 2 rings (SSSR count). The first-order chi connectivity index (χ1) is 10.8. The molecule has 0 aliphatic carbocycles. The molecule has 0 radical (unpaired) electrons. The molecule has 136 valence electrons. The van der Waals surface area contributed by atoms with Crippen molar-refractivity contribution in [3.8, 4) is 0 Å². The number of methoxy groups -OCH3 is 1. The Balaban J connectivity index is 2.10. The van der Waals surface area contributed by atoms with Crippen LogP contribution in [-0.4, -0.2) is 106 Å². The van der Waals surface area contributed by atoms with Crippen molar-refractivity contribution in [3.05, 3.63) is 0 Å². The predicted molar refractivity (Wildman–Crippen MR) is 72.0 cm³/mol. The summed E-state index contributed by atoms with van der Waals surface area (Å²) in [5.74, 6) is 0. The zero-order valence-electron chi connectivity index (χ0n) is 12.8. The van der Waals surface area contributed by atoms with Crippen LogP contribution >= 0.6 is 0 Å². The summed E-state index contributed by atoms with van der Waals surface area (Å²) in [6, 6.07) is 0. The highest BCUT2D eigenvalue weighted by molar-refractivity contribution is 4.92. The van der Waals surface area contributed by atoms with E-state index in [1.807, 2.05) is 0 Å². The van der Waals surface area contributed by atoms with Gasteiger partial charge in [-0.05, 0) is 6.92 Å². The summed E-state index contributed by atoms with van der Waals surface area (Å²) in [5.41, 5.74) is 0. The molecule has 0 aromatic rings. The maximum absolute atomic E-state index is 10.1. The molecule has 2 aliphatic heterocycles. The van der Waals surface area contributed by atoms with E-state index < -0.39 is 68.0 Å². The topological polar surface area (TPSA) is 158 Å². The summed E-state index contributed by atoms with van der Waals surface area (Å²) >= 11 is 0. The van der Waals surface area contributed by atoms with Gasteiger partial charge in [0.15, 0.2) is 12.6 Å². The highest BCUT2D eigenvalue weighted by atomic mass is 16.8. The molecule has 10 nitrogen and oxygen atoms in total. The van der Waals surface area contributed by atoms with Crippen molar-refractivity contribution < 1.29 is 49.6 Å². The van der Waals surface area contributed by atoms with Gasteiger partial charge < -0.3 is 49.6 Å². The van der Waals surface area contributed by atoms with Crippen LogP contribution in [-0.2, 0) is 18.9 Å². The maximum atomic E-state index is 10.1. The first-order valence-corrected chi connectivity index (χ1v) is 7.32. The number of hydrogen-bond donors (Lipinski definition) is 6. The third-order valence-electron chi connectivity index (χ3n) is 4.16. The van der Waals surface area contributed by atoms with E-state index in [1.165, 1.54) is 14.0 Å². The predicted octanol–water partition coefficient (Wildman–Crippen LogP) is -3.72. The van der Waals surface area contributed by atoms with Crippen molar-refractivity contribution in [3.63, 3.8) is 0 Å². The highest BCUT2D eigenvalue weighted by Crippen LogP contribution is 2.29. The molecule has 2 fully saturated rings. The van der Waals surface area contributed by atoms with Gasteiger partial charge in [0.25, 0.3) is 0 Å². The molecule has 23 heavy (non-hydrogen) atoms. The largest absolute Gasteiger partial charge is 0.394 e. The molecule has 0 unspecified atom stereocenters. The Bertz CT molecular complexity index is 380. The van der Waals surface area contributed by atoms with Gasteiger partial charge in [-0.1, -0.05) is 0 Å². The highest BCUT2D eigenvalue weighted by Gasteiger charge is 2.49. The van der Waals surface area contributed by atoms with Crippen molar-refractivity contribution in [1.29, 1.82) is 0 Å². The normalized spacial score (nSPS) is 51.7. The number of aliphatic hydroxyl groups is 6. The third kappa shape index (κ3) is 3.66. The van der Waals surface area contributed by atoms with E-state index in [1.54, 1.807) is 0 Å². The molecular formula is C13H24O10. The Hall–Kier alpha value is -0.400. The van der Waals surface area contributed by atoms with E-state index >= 15 is 0 Å². The van der Waals surface area contributed by atoms with Gasteiger partial charge in [-0.25, -0.2) is 0 Å². The van der Waals surface area contributed by atoms with Crippen LogP contribution in [0.2, 0.25) is 0 Å². The van der Waals surface area contributed by atoms with E-state index in [4.69, 9.17) is 24.1 Å². The molecule has 0 amide bonds. The second kappa shape index (κ2) is 7.66. The van der Waals surface area contributed by atoms with Crippen molar-refractivity contribution in [2.45, 2.75) is 68.3 Å². The molecule has 10 heteroatoms. The fourth-order valence-electron chi connectivity index (χ4n) is 2.67. The van der Waals surface area contributed by atoms with Crippen LogP contribution in [0.5, 0.6) is 0 Å². The molecule has 0 saturated carbocycles. The summed E-state index contributed by atoms with van der Waals surface area (Å²) in [6.45, 7) is 0.948. The molecule has 0 aromatic heterocycles. The van der Waals surface area contributed by atoms with Gasteiger partial charge in [-0.3, -0.25) is 0 Å². The van der Waals surface area contributed by atoms with Gasteiger partial charge in [0.2, 0.25) is 0 Å². The van der Waals surface area contributed by atoms with Crippen LogP contribution in [0.15, 0.2) is 0 Å². The second-order valence-electron chi connectivity index (χ2n) is 5.72. The van der Waals surface area contributed by atoms with Gasteiger partial charge in [0.1, 0.15) is 42.7 Å². The van der Waals surface area contributed by atoms with Gasteiger partial charge in [-0.2, -0.15) is 0 Å². The Morgan fingerprint density at radius 2 is 1.48 bits per heavy atom. The molecule has 0 aromatic carbocycles. The molecule has 2 saturated heterocycles. The first-order valence-electron chi connectivity index (χ1n) is 7.32. The smallest absolute Gasteiger partial charge is 0.187 e. The minimum Gasteiger partial charge on any atom is -0.394 e. The van der Waals surface area contributed by atoms with Crippen LogP contribution in [0.25, 0.3) is 0 Å². The van der Waals surface area contributed by atoms with Crippen molar-refractivity contribution in [1.82, 2.24) is 0 Å².